The van der Waals surface area contributed by atoms with Crippen molar-refractivity contribution in [3.8, 4) is 0 Å². The minimum Gasteiger partial charge on any atom is -0.370 e. The number of likely N-dealkylation sites (tertiary alicyclic amines) is 1. The molecule has 0 aromatic carbocycles. The van der Waals surface area contributed by atoms with E-state index in [0.717, 1.165) is 13.1 Å². The maximum absolute atomic E-state index is 11.3. The zero-order chi connectivity index (χ0) is 13.1. The van der Waals surface area contributed by atoms with Crippen molar-refractivity contribution in [1.29, 1.82) is 0 Å². The molecule has 2 N–H and O–H groups in total. The third kappa shape index (κ3) is 3.32. The topological polar surface area (TPSA) is 61.0 Å². The monoisotopic (exact) mass is 250 g/mol. The molecule has 2 heterocycles. The van der Waals surface area contributed by atoms with Gasteiger partial charge in [-0.15, -0.1) is 0 Å². The van der Waals surface area contributed by atoms with Gasteiger partial charge in [-0.05, 0) is 39.7 Å². The largest absolute Gasteiger partial charge is 0.370 e. The average Bonchev–Trinajstić information content (AvgIpc) is 2.73. The Balaban J connectivity index is 1.87. The number of aromatic amines is 1. The molecule has 100 valence electrons. The van der Waals surface area contributed by atoms with Crippen molar-refractivity contribution in [2.45, 2.75) is 33.2 Å². The lowest BCUT2D eigenvalue weighted by Crippen LogP contribution is -2.29. The molecule has 1 atom stereocenters. The van der Waals surface area contributed by atoms with Crippen LogP contribution in [0.2, 0.25) is 0 Å². The molecule has 0 radical (unpaired) electrons. The van der Waals surface area contributed by atoms with E-state index in [1.807, 2.05) is 0 Å². The molecule has 5 nitrogen and oxygen atoms in total. The molecule has 0 spiro atoms. The molecular formula is C13H22N4O. The maximum atomic E-state index is 11.3. The normalized spacial score (nSPS) is 20.6. The molecule has 1 unspecified atom stereocenters. The van der Waals surface area contributed by atoms with Crippen LogP contribution in [-0.2, 0) is 0 Å². The number of H-pyrrole nitrogens is 1. The predicted molar refractivity (Wildman–Crippen MR) is 72.9 cm³/mol. The van der Waals surface area contributed by atoms with Gasteiger partial charge in [0.05, 0.1) is 0 Å². The van der Waals surface area contributed by atoms with E-state index in [-0.39, 0.29) is 5.56 Å². The Morgan fingerprint density at radius 3 is 3.00 bits per heavy atom. The molecule has 1 aromatic heterocycles. The lowest BCUT2D eigenvalue weighted by atomic mass is 10.1. The van der Waals surface area contributed by atoms with Crippen molar-refractivity contribution in [3.05, 3.63) is 22.2 Å². The van der Waals surface area contributed by atoms with Gasteiger partial charge in [0.1, 0.15) is 11.6 Å². The number of hydrogen-bond acceptors (Lipinski definition) is 4. The Morgan fingerprint density at radius 2 is 2.39 bits per heavy atom. The van der Waals surface area contributed by atoms with E-state index in [4.69, 9.17) is 0 Å². The van der Waals surface area contributed by atoms with Gasteiger partial charge in [0.2, 0.25) is 0 Å². The molecule has 0 amide bonds. The number of aromatic nitrogens is 2. The van der Waals surface area contributed by atoms with Crippen LogP contribution in [0.5, 0.6) is 0 Å². The SMILES string of the molecule is Cc1nc(NCC2CCN(C(C)C)C2)cc(=O)[nH]1. The Bertz CT molecular complexity index is 455. The Labute approximate surface area is 108 Å². The van der Waals surface area contributed by atoms with E-state index >= 15 is 0 Å². The minimum atomic E-state index is -0.0970. The first kappa shape index (κ1) is 13.1. The van der Waals surface area contributed by atoms with Crippen molar-refractivity contribution in [2.24, 2.45) is 5.92 Å². The molecule has 5 heteroatoms. The van der Waals surface area contributed by atoms with Crippen LogP contribution in [-0.4, -0.2) is 40.5 Å². The molecule has 0 saturated carbocycles. The molecule has 1 fully saturated rings. The molecular weight excluding hydrogens is 228 g/mol. The first-order valence-corrected chi connectivity index (χ1v) is 6.60. The number of nitrogens with zero attached hydrogens (tertiary/aromatic N) is 2. The van der Waals surface area contributed by atoms with E-state index in [1.54, 1.807) is 6.92 Å². The minimum absolute atomic E-state index is 0.0970. The van der Waals surface area contributed by atoms with Gasteiger partial charge in [0.15, 0.2) is 0 Å². The fourth-order valence-electron chi connectivity index (χ4n) is 2.42. The molecule has 0 bridgehead atoms. The first-order valence-electron chi connectivity index (χ1n) is 6.60. The number of hydrogen-bond donors (Lipinski definition) is 2. The lowest BCUT2D eigenvalue weighted by molar-refractivity contribution is 0.266. The predicted octanol–water partition coefficient (Wildman–Crippen LogP) is 1.22. The average molecular weight is 250 g/mol. The van der Waals surface area contributed by atoms with Crippen molar-refractivity contribution in [3.63, 3.8) is 0 Å². The van der Waals surface area contributed by atoms with Crippen molar-refractivity contribution < 1.29 is 0 Å². The second-order valence-corrected chi connectivity index (χ2v) is 5.34. The molecule has 0 aliphatic carbocycles. The number of anilines is 1. The highest BCUT2D eigenvalue weighted by Gasteiger charge is 2.23. The highest BCUT2D eigenvalue weighted by atomic mass is 16.1. The maximum Gasteiger partial charge on any atom is 0.252 e. The van der Waals surface area contributed by atoms with Crippen LogP contribution < -0.4 is 10.9 Å². The van der Waals surface area contributed by atoms with Crippen molar-refractivity contribution in [1.82, 2.24) is 14.9 Å². The molecule has 1 saturated heterocycles. The second kappa shape index (κ2) is 5.52. The fourth-order valence-corrected chi connectivity index (χ4v) is 2.42. The fraction of sp³-hybridized carbons (Fsp3) is 0.692. The van der Waals surface area contributed by atoms with Crippen LogP contribution in [0.25, 0.3) is 0 Å². The molecule has 2 rings (SSSR count). The lowest BCUT2D eigenvalue weighted by Gasteiger charge is -2.20. The Hall–Kier alpha value is -1.36. The summed E-state index contributed by atoms with van der Waals surface area (Å²) in [7, 11) is 0. The van der Waals surface area contributed by atoms with E-state index in [1.165, 1.54) is 19.0 Å². The van der Waals surface area contributed by atoms with Gasteiger partial charge in [0, 0.05) is 25.2 Å². The van der Waals surface area contributed by atoms with Gasteiger partial charge in [-0.1, -0.05) is 0 Å². The van der Waals surface area contributed by atoms with Gasteiger partial charge in [-0.2, -0.15) is 0 Å². The molecule has 1 aliphatic rings. The zero-order valence-corrected chi connectivity index (χ0v) is 11.4. The third-order valence-corrected chi connectivity index (χ3v) is 3.48. The van der Waals surface area contributed by atoms with Gasteiger partial charge in [0.25, 0.3) is 5.56 Å². The Morgan fingerprint density at radius 1 is 1.61 bits per heavy atom. The van der Waals surface area contributed by atoms with Crippen LogP contribution in [0, 0.1) is 12.8 Å². The zero-order valence-electron chi connectivity index (χ0n) is 11.4. The molecule has 1 aliphatic heterocycles. The van der Waals surface area contributed by atoms with Crippen LogP contribution >= 0.6 is 0 Å². The van der Waals surface area contributed by atoms with Gasteiger partial charge < -0.3 is 15.2 Å². The summed E-state index contributed by atoms with van der Waals surface area (Å²) in [6.07, 6.45) is 1.22. The summed E-state index contributed by atoms with van der Waals surface area (Å²) >= 11 is 0. The summed E-state index contributed by atoms with van der Waals surface area (Å²) in [5.41, 5.74) is -0.0970. The summed E-state index contributed by atoms with van der Waals surface area (Å²) < 4.78 is 0. The first-order chi connectivity index (χ1) is 8.54. The number of nitrogens with one attached hydrogen (secondary N) is 2. The van der Waals surface area contributed by atoms with Gasteiger partial charge in [-0.25, -0.2) is 4.98 Å². The van der Waals surface area contributed by atoms with E-state index in [0.29, 0.717) is 23.6 Å². The van der Waals surface area contributed by atoms with Crippen LogP contribution in [0.3, 0.4) is 0 Å². The quantitative estimate of drug-likeness (QED) is 0.843. The Kier molecular flexibility index (Phi) is 4.01. The smallest absolute Gasteiger partial charge is 0.252 e. The van der Waals surface area contributed by atoms with E-state index in [9.17, 15) is 4.79 Å². The van der Waals surface area contributed by atoms with Gasteiger partial charge in [-0.3, -0.25) is 4.79 Å². The highest BCUT2D eigenvalue weighted by molar-refractivity contribution is 5.32. The number of aryl methyl sites for hydroxylation is 1. The number of rotatable bonds is 4. The summed E-state index contributed by atoms with van der Waals surface area (Å²) in [5.74, 6) is 1.98. The summed E-state index contributed by atoms with van der Waals surface area (Å²) in [5, 5.41) is 3.27. The molecule has 18 heavy (non-hydrogen) atoms. The summed E-state index contributed by atoms with van der Waals surface area (Å²) in [4.78, 5) is 20.7. The van der Waals surface area contributed by atoms with E-state index in [2.05, 4.69) is 34.0 Å². The third-order valence-electron chi connectivity index (χ3n) is 3.48. The standard InChI is InChI=1S/C13H22N4O/c1-9(2)17-5-4-11(8-17)7-14-12-6-13(18)16-10(3)15-12/h6,9,11H,4-5,7-8H2,1-3H3,(H2,14,15,16,18). The highest BCUT2D eigenvalue weighted by Crippen LogP contribution is 2.18. The molecule has 1 aromatic rings. The van der Waals surface area contributed by atoms with Crippen LogP contribution in [0.4, 0.5) is 5.82 Å². The van der Waals surface area contributed by atoms with Gasteiger partial charge >= 0.3 is 0 Å². The second-order valence-electron chi connectivity index (χ2n) is 5.34. The van der Waals surface area contributed by atoms with E-state index < -0.39 is 0 Å². The van der Waals surface area contributed by atoms with Crippen molar-refractivity contribution in [2.75, 3.05) is 25.0 Å². The summed E-state index contributed by atoms with van der Waals surface area (Å²) in [6.45, 7) is 9.45. The van der Waals surface area contributed by atoms with Crippen LogP contribution in [0.1, 0.15) is 26.1 Å². The van der Waals surface area contributed by atoms with Crippen molar-refractivity contribution >= 4 is 5.82 Å². The summed E-state index contributed by atoms with van der Waals surface area (Å²) in [6, 6.07) is 2.14. The van der Waals surface area contributed by atoms with Crippen LogP contribution in [0.15, 0.2) is 10.9 Å².